The minimum absolute atomic E-state index is 0.192. The summed E-state index contributed by atoms with van der Waals surface area (Å²) in [6.07, 6.45) is 5.17. The number of oxime groups is 1. The molecule has 0 aromatic carbocycles. The average molecular weight is 336 g/mol. The van der Waals surface area contributed by atoms with E-state index < -0.39 is 12.0 Å². The fourth-order valence-electron chi connectivity index (χ4n) is 2.77. The lowest BCUT2D eigenvalue weighted by molar-refractivity contribution is -0.131. The molecule has 23 heavy (non-hydrogen) atoms. The molecule has 2 aliphatic rings. The third-order valence-corrected chi connectivity index (χ3v) is 4.93. The summed E-state index contributed by atoms with van der Waals surface area (Å²) >= 11 is 1.55. The van der Waals surface area contributed by atoms with Crippen molar-refractivity contribution in [2.45, 2.75) is 50.7 Å². The van der Waals surface area contributed by atoms with Crippen LogP contribution in [0.3, 0.4) is 0 Å². The highest BCUT2D eigenvalue weighted by atomic mass is 32.1. The van der Waals surface area contributed by atoms with Crippen molar-refractivity contribution in [1.82, 2.24) is 16.2 Å². The third-order valence-electron chi connectivity index (χ3n) is 4.01. The van der Waals surface area contributed by atoms with Crippen molar-refractivity contribution in [1.29, 1.82) is 0 Å². The van der Waals surface area contributed by atoms with Crippen LogP contribution in [0.4, 0.5) is 4.79 Å². The summed E-state index contributed by atoms with van der Waals surface area (Å²) in [4.78, 5) is 29.9. The van der Waals surface area contributed by atoms with Crippen molar-refractivity contribution in [3.8, 4) is 0 Å². The number of carbonyl (C=O) groups is 2. The van der Waals surface area contributed by atoms with Crippen molar-refractivity contribution in [3.05, 3.63) is 22.4 Å². The van der Waals surface area contributed by atoms with Crippen LogP contribution >= 0.6 is 11.3 Å². The van der Waals surface area contributed by atoms with E-state index in [4.69, 9.17) is 4.84 Å². The first-order valence-electron chi connectivity index (χ1n) is 7.85. The molecule has 1 saturated carbocycles. The van der Waals surface area contributed by atoms with Crippen LogP contribution in [-0.2, 0) is 9.63 Å². The van der Waals surface area contributed by atoms with Crippen LogP contribution in [0.15, 0.2) is 22.7 Å². The summed E-state index contributed by atoms with van der Waals surface area (Å²) in [6, 6.07) is 3.66. The van der Waals surface area contributed by atoms with Crippen LogP contribution in [-0.4, -0.2) is 29.8 Å². The van der Waals surface area contributed by atoms with E-state index in [-0.39, 0.29) is 12.1 Å². The number of urea groups is 1. The molecular weight excluding hydrogens is 316 g/mol. The van der Waals surface area contributed by atoms with E-state index in [1.54, 1.807) is 11.3 Å². The van der Waals surface area contributed by atoms with Crippen LogP contribution in [0.1, 0.15) is 43.4 Å². The average Bonchev–Trinajstić information content (AvgIpc) is 3.24. The van der Waals surface area contributed by atoms with Gasteiger partial charge in [0.05, 0.1) is 4.88 Å². The Morgan fingerprint density at radius 1 is 1.22 bits per heavy atom. The first-order chi connectivity index (χ1) is 11.2. The van der Waals surface area contributed by atoms with Crippen LogP contribution < -0.4 is 16.2 Å². The minimum atomic E-state index is -0.706. The normalized spacial score (nSPS) is 21.2. The topological polar surface area (TPSA) is 91.8 Å². The number of rotatable bonds is 3. The number of thiophene rings is 1. The van der Waals surface area contributed by atoms with Gasteiger partial charge in [-0.25, -0.2) is 10.2 Å². The number of amides is 3. The fraction of sp³-hybridized carbons (Fsp3) is 0.533. The van der Waals surface area contributed by atoms with Crippen LogP contribution in [0.5, 0.6) is 0 Å². The van der Waals surface area contributed by atoms with Crippen molar-refractivity contribution in [2.75, 3.05) is 0 Å². The van der Waals surface area contributed by atoms with E-state index >= 15 is 0 Å². The lowest BCUT2D eigenvalue weighted by Gasteiger charge is -2.23. The van der Waals surface area contributed by atoms with Gasteiger partial charge in [-0.2, -0.15) is 0 Å². The fourth-order valence-corrected chi connectivity index (χ4v) is 3.49. The summed E-state index contributed by atoms with van der Waals surface area (Å²) in [5, 5.41) is 8.75. The zero-order valence-corrected chi connectivity index (χ0v) is 13.5. The second kappa shape index (κ2) is 7.45. The SMILES string of the molecule is O=C(NNC(=O)[C@@H]1CC(c2cccs2)=NO1)NC1CCCCC1. The molecule has 1 aromatic heterocycles. The van der Waals surface area contributed by atoms with Gasteiger partial charge >= 0.3 is 6.03 Å². The second-order valence-corrected chi connectivity index (χ2v) is 6.68. The Labute approximate surface area is 138 Å². The largest absolute Gasteiger partial charge is 0.382 e. The molecule has 0 unspecified atom stereocenters. The van der Waals surface area contributed by atoms with E-state index in [9.17, 15) is 9.59 Å². The second-order valence-electron chi connectivity index (χ2n) is 5.74. The van der Waals surface area contributed by atoms with E-state index in [0.717, 1.165) is 36.3 Å². The first kappa shape index (κ1) is 15.8. The molecule has 0 saturated heterocycles. The molecule has 1 aliphatic heterocycles. The van der Waals surface area contributed by atoms with E-state index in [2.05, 4.69) is 21.3 Å². The highest BCUT2D eigenvalue weighted by Gasteiger charge is 2.29. The number of carbonyl (C=O) groups excluding carboxylic acids is 2. The van der Waals surface area contributed by atoms with Gasteiger partial charge in [0.15, 0.2) is 0 Å². The summed E-state index contributed by atoms with van der Waals surface area (Å²) in [6.45, 7) is 0. The van der Waals surface area contributed by atoms with Gasteiger partial charge in [0.1, 0.15) is 5.71 Å². The van der Waals surface area contributed by atoms with E-state index in [1.807, 2.05) is 17.5 Å². The van der Waals surface area contributed by atoms with E-state index in [0.29, 0.717) is 6.42 Å². The Kier molecular flexibility index (Phi) is 5.12. The van der Waals surface area contributed by atoms with Gasteiger partial charge < -0.3 is 10.2 Å². The molecule has 3 N–H and O–H groups in total. The van der Waals surface area contributed by atoms with Crippen molar-refractivity contribution >= 4 is 29.0 Å². The first-order valence-corrected chi connectivity index (χ1v) is 8.73. The van der Waals surface area contributed by atoms with E-state index in [1.165, 1.54) is 6.42 Å². The van der Waals surface area contributed by atoms with Gasteiger partial charge in [-0.15, -0.1) is 11.3 Å². The van der Waals surface area contributed by atoms with Gasteiger partial charge in [-0.1, -0.05) is 30.5 Å². The highest BCUT2D eigenvalue weighted by Crippen LogP contribution is 2.20. The molecule has 0 bridgehead atoms. The van der Waals surface area contributed by atoms with Crippen molar-refractivity contribution in [2.24, 2.45) is 5.16 Å². The zero-order chi connectivity index (χ0) is 16.1. The molecule has 1 aromatic rings. The molecule has 124 valence electrons. The molecule has 7 nitrogen and oxygen atoms in total. The lowest BCUT2D eigenvalue weighted by Crippen LogP contribution is -2.52. The Bertz CT molecular complexity index is 582. The monoisotopic (exact) mass is 336 g/mol. The molecule has 3 amide bonds. The molecule has 1 aliphatic carbocycles. The Morgan fingerprint density at radius 3 is 2.78 bits per heavy atom. The smallest absolute Gasteiger partial charge is 0.333 e. The molecule has 2 heterocycles. The predicted octanol–water partition coefficient (Wildman–Crippen LogP) is 1.90. The Hall–Kier alpha value is -2.09. The van der Waals surface area contributed by atoms with Gasteiger partial charge in [-0.3, -0.25) is 10.2 Å². The molecule has 3 rings (SSSR count). The lowest BCUT2D eigenvalue weighted by atomic mass is 9.96. The van der Waals surface area contributed by atoms with Crippen LogP contribution in [0.2, 0.25) is 0 Å². The Balaban J connectivity index is 1.39. The number of nitrogens with one attached hydrogen (secondary N) is 3. The van der Waals surface area contributed by atoms with Crippen LogP contribution in [0, 0.1) is 0 Å². The van der Waals surface area contributed by atoms with Crippen LogP contribution in [0.25, 0.3) is 0 Å². The number of nitrogens with zero attached hydrogens (tertiary/aromatic N) is 1. The van der Waals surface area contributed by atoms with Gasteiger partial charge in [0.25, 0.3) is 5.91 Å². The van der Waals surface area contributed by atoms with Gasteiger partial charge in [-0.05, 0) is 24.3 Å². The summed E-state index contributed by atoms with van der Waals surface area (Å²) in [5.41, 5.74) is 5.52. The molecule has 8 heteroatoms. The maximum Gasteiger partial charge on any atom is 0.333 e. The molecule has 1 fully saturated rings. The maximum absolute atomic E-state index is 12.0. The summed E-state index contributed by atoms with van der Waals surface area (Å²) in [7, 11) is 0. The van der Waals surface area contributed by atoms with Gasteiger partial charge in [0.2, 0.25) is 6.10 Å². The predicted molar refractivity (Wildman–Crippen MR) is 87.0 cm³/mol. The van der Waals surface area contributed by atoms with Gasteiger partial charge in [0, 0.05) is 12.5 Å². The van der Waals surface area contributed by atoms with Crippen molar-refractivity contribution < 1.29 is 14.4 Å². The van der Waals surface area contributed by atoms with Crippen molar-refractivity contribution in [3.63, 3.8) is 0 Å². The Morgan fingerprint density at radius 2 is 2.04 bits per heavy atom. The standard InChI is InChI=1S/C15H20N4O3S/c20-14(12-9-11(19-22-12)13-7-4-8-23-13)17-18-15(21)16-10-5-2-1-3-6-10/h4,7-8,10,12H,1-3,5-6,9H2,(H,17,20)(H2,16,18,21)/t12-/m0/s1. The number of hydrogen-bond donors (Lipinski definition) is 3. The highest BCUT2D eigenvalue weighted by molar-refractivity contribution is 7.12. The summed E-state index contributed by atoms with van der Waals surface area (Å²) in [5.74, 6) is -0.404. The quantitative estimate of drug-likeness (QED) is 0.736. The minimum Gasteiger partial charge on any atom is -0.382 e. The maximum atomic E-state index is 12.0. The molecular formula is C15H20N4O3S. The third kappa shape index (κ3) is 4.22. The zero-order valence-electron chi connectivity index (χ0n) is 12.7. The number of hydrazine groups is 1. The molecule has 1 atom stereocenters. The molecule has 0 spiro atoms. The molecule has 0 radical (unpaired) electrons. The number of hydrogen-bond acceptors (Lipinski definition) is 5. The summed E-state index contributed by atoms with van der Waals surface area (Å²) < 4.78 is 0.